The number of aromatic nitrogens is 2. The van der Waals surface area contributed by atoms with Crippen LogP contribution in [0.5, 0.6) is 0 Å². The number of nitrogens with one attached hydrogen (secondary N) is 1. The molecule has 0 radical (unpaired) electrons. The second-order valence-electron chi connectivity index (χ2n) is 4.18. The molecule has 1 atom stereocenters. The fourth-order valence-corrected chi connectivity index (χ4v) is 2.13. The Balaban J connectivity index is 2.07. The molecule has 1 aliphatic rings. The molecule has 1 unspecified atom stereocenters. The predicted molar refractivity (Wildman–Crippen MR) is 59.1 cm³/mol. The number of nitro groups is 1. The van der Waals surface area contributed by atoms with Gasteiger partial charge in [0.2, 0.25) is 0 Å². The minimum absolute atomic E-state index is 0.158. The van der Waals surface area contributed by atoms with Crippen molar-refractivity contribution in [2.45, 2.75) is 32.2 Å². The highest BCUT2D eigenvalue weighted by atomic mass is 16.6. The van der Waals surface area contributed by atoms with Crippen LogP contribution < -0.4 is 0 Å². The Kier molecular flexibility index (Phi) is 3.19. The molecule has 2 rings (SSSR count). The number of aromatic amines is 1. The van der Waals surface area contributed by atoms with E-state index in [0.29, 0.717) is 0 Å². The zero-order valence-electron chi connectivity index (χ0n) is 9.35. The minimum atomic E-state index is -0.494. The van der Waals surface area contributed by atoms with E-state index in [9.17, 15) is 10.1 Å². The number of imidazole rings is 1. The summed E-state index contributed by atoms with van der Waals surface area (Å²) in [5.41, 5.74) is 0.758. The average Bonchev–Trinajstić information content (AvgIpc) is 2.78. The van der Waals surface area contributed by atoms with Crippen LogP contribution in [0.1, 0.15) is 37.9 Å². The molecule has 0 spiro atoms. The van der Waals surface area contributed by atoms with Crippen molar-refractivity contribution in [2.75, 3.05) is 13.1 Å². The van der Waals surface area contributed by atoms with Crippen molar-refractivity contribution in [1.82, 2.24) is 14.9 Å². The van der Waals surface area contributed by atoms with E-state index in [1.54, 1.807) is 6.20 Å². The number of H-pyrrole nitrogens is 1. The summed E-state index contributed by atoms with van der Waals surface area (Å²) in [7, 11) is 0. The van der Waals surface area contributed by atoms with Gasteiger partial charge in [-0.3, -0.25) is 4.90 Å². The van der Waals surface area contributed by atoms with Gasteiger partial charge in [0, 0.05) is 0 Å². The summed E-state index contributed by atoms with van der Waals surface area (Å²) in [5, 5.41) is 10.5. The van der Waals surface area contributed by atoms with Crippen molar-refractivity contribution in [1.29, 1.82) is 0 Å². The molecule has 16 heavy (non-hydrogen) atoms. The van der Waals surface area contributed by atoms with Crippen molar-refractivity contribution in [3.05, 3.63) is 22.0 Å². The second-order valence-corrected chi connectivity index (χ2v) is 4.18. The van der Waals surface area contributed by atoms with E-state index >= 15 is 0 Å². The molecule has 6 nitrogen and oxygen atoms in total. The molecular weight excluding hydrogens is 208 g/mol. The summed E-state index contributed by atoms with van der Waals surface area (Å²) in [5.74, 6) is -0.168. The normalized spacial score (nSPS) is 19.6. The molecule has 1 saturated heterocycles. The largest absolute Gasteiger partial charge is 0.432 e. The fourth-order valence-electron chi connectivity index (χ4n) is 2.13. The first-order valence-electron chi connectivity index (χ1n) is 5.62. The Bertz CT molecular complexity index is 371. The topological polar surface area (TPSA) is 75.1 Å². The third-order valence-corrected chi connectivity index (χ3v) is 3.12. The van der Waals surface area contributed by atoms with Gasteiger partial charge in [0.15, 0.2) is 5.69 Å². The van der Waals surface area contributed by atoms with Crippen LogP contribution in [0.3, 0.4) is 0 Å². The minimum Gasteiger partial charge on any atom is -0.390 e. The lowest BCUT2D eigenvalue weighted by Crippen LogP contribution is -2.32. The highest BCUT2D eigenvalue weighted by Crippen LogP contribution is 2.23. The SMILES string of the molecule is CC(c1c[nH]c([N+](=O)[O-])n1)N1CCCCC1. The van der Waals surface area contributed by atoms with Gasteiger partial charge in [0.1, 0.15) is 6.20 Å². The maximum atomic E-state index is 10.5. The Labute approximate surface area is 93.8 Å². The molecule has 0 amide bonds. The Morgan fingerprint density at radius 2 is 2.19 bits per heavy atom. The molecule has 1 aromatic heterocycles. The number of likely N-dealkylation sites (tertiary alicyclic amines) is 1. The van der Waals surface area contributed by atoms with Gasteiger partial charge in [-0.25, -0.2) is 4.98 Å². The van der Waals surface area contributed by atoms with Crippen LogP contribution >= 0.6 is 0 Å². The van der Waals surface area contributed by atoms with Gasteiger partial charge < -0.3 is 10.1 Å². The first-order valence-corrected chi connectivity index (χ1v) is 5.62. The number of hydrogen-bond acceptors (Lipinski definition) is 4. The quantitative estimate of drug-likeness (QED) is 0.628. The van der Waals surface area contributed by atoms with Gasteiger partial charge >= 0.3 is 5.95 Å². The molecule has 0 saturated carbocycles. The molecule has 1 aliphatic heterocycles. The summed E-state index contributed by atoms with van der Waals surface area (Å²) < 4.78 is 0. The molecule has 1 aromatic rings. The Hall–Kier alpha value is -1.43. The van der Waals surface area contributed by atoms with E-state index in [-0.39, 0.29) is 12.0 Å². The van der Waals surface area contributed by atoms with Gasteiger partial charge in [-0.05, 0) is 37.8 Å². The van der Waals surface area contributed by atoms with E-state index in [0.717, 1.165) is 18.8 Å². The van der Waals surface area contributed by atoms with Crippen LogP contribution in [0.2, 0.25) is 0 Å². The lowest BCUT2D eigenvalue weighted by atomic mass is 10.1. The van der Waals surface area contributed by atoms with Crippen LogP contribution in [0.4, 0.5) is 5.95 Å². The van der Waals surface area contributed by atoms with Crippen molar-refractivity contribution in [3.63, 3.8) is 0 Å². The molecule has 1 fully saturated rings. The van der Waals surface area contributed by atoms with E-state index < -0.39 is 4.92 Å². The molecule has 2 heterocycles. The van der Waals surface area contributed by atoms with Crippen molar-refractivity contribution in [2.24, 2.45) is 0 Å². The smallest absolute Gasteiger partial charge is 0.390 e. The maximum Gasteiger partial charge on any atom is 0.432 e. The van der Waals surface area contributed by atoms with Crippen LogP contribution in [0.25, 0.3) is 0 Å². The van der Waals surface area contributed by atoms with Gasteiger partial charge in [-0.2, -0.15) is 0 Å². The highest BCUT2D eigenvalue weighted by molar-refractivity contribution is 5.13. The van der Waals surface area contributed by atoms with E-state index in [1.807, 2.05) is 6.92 Å². The van der Waals surface area contributed by atoms with E-state index in [1.165, 1.54) is 19.3 Å². The third kappa shape index (κ3) is 2.21. The molecule has 6 heteroatoms. The molecule has 0 aromatic carbocycles. The Morgan fingerprint density at radius 1 is 1.50 bits per heavy atom. The number of nitrogens with zero attached hydrogens (tertiary/aromatic N) is 3. The van der Waals surface area contributed by atoms with Crippen molar-refractivity contribution >= 4 is 5.95 Å². The molecule has 0 aliphatic carbocycles. The fraction of sp³-hybridized carbons (Fsp3) is 0.700. The Morgan fingerprint density at radius 3 is 2.75 bits per heavy atom. The second kappa shape index (κ2) is 4.61. The van der Waals surface area contributed by atoms with Gasteiger partial charge in [0.05, 0.1) is 6.04 Å². The molecule has 88 valence electrons. The van der Waals surface area contributed by atoms with Crippen molar-refractivity contribution in [3.8, 4) is 0 Å². The van der Waals surface area contributed by atoms with Gasteiger partial charge in [-0.1, -0.05) is 11.4 Å². The summed E-state index contributed by atoms with van der Waals surface area (Å²) >= 11 is 0. The van der Waals surface area contributed by atoms with Crippen LogP contribution in [-0.2, 0) is 0 Å². The zero-order chi connectivity index (χ0) is 11.5. The molecule has 1 N–H and O–H groups in total. The number of hydrogen-bond donors (Lipinski definition) is 1. The lowest BCUT2D eigenvalue weighted by Gasteiger charge is -2.30. The standard InChI is InChI=1S/C10H16N4O2/c1-8(13-5-3-2-4-6-13)9-7-11-10(12-9)14(15)16/h7-8H,2-6H2,1H3,(H,11,12). The molecule has 0 bridgehead atoms. The third-order valence-electron chi connectivity index (χ3n) is 3.12. The van der Waals surface area contributed by atoms with Gasteiger partial charge in [0.25, 0.3) is 0 Å². The van der Waals surface area contributed by atoms with Crippen molar-refractivity contribution < 1.29 is 4.92 Å². The highest BCUT2D eigenvalue weighted by Gasteiger charge is 2.24. The zero-order valence-corrected chi connectivity index (χ0v) is 9.35. The first kappa shape index (κ1) is 11.1. The lowest BCUT2D eigenvalue weighted by molar-refractivity contribution is -0.393. The van der Waals surface area contributed by atoms with Crippen LogP contribution in [-0.4, -0.2) is 32.9 Å². The summed E-state index contributed by atoms with van der Waals surface area (Å²) in [6.07, 6.45) is 5.33. The average molecular weight is 224 g/mol. The summed E-state index contributed by atoms with van der Waals surface area (Å²) in [4.78, 5) is 18.9. The summed E-state index contributed by atoms with van der Waals surface area (Å²) in [6.45, 7) is 4.16. The number of rotatable bonds is 3. The van der Waals surface area contributed by atoms with Crippen LogP contribution in [0.15, 0.2) is 6.20 Å². The first-order chi connectivity index (χ1) is 7.68. The van der Waals surface area contributed by atoms with Crippen LogP contribution in [0, 0.1) is 10.1 Å². The van der Waals surface area contributed by atoms with Gasteiger partial charge in [-0.15, -0.1) is 0 Å². The van der Waals surface area contributed by atoms with E-state index in [2.05, 4.69) is 14.9 Å². The number of piperidine rings is 1. The maximum absolute atomic E-state index is 10.5. The monoisotopic (exact) mass is 224 g/mol. The molecular formula is C10H16N4O2. The predicted octanol–water partition coefficient (Wildman–Crippen LogP) is 1.86. The summed E-state index contributed by atoms with van der Waals surface area (Å²) in [6, 6.07) is 0.158. The van der Waals surface area contributed by atoms with E-state index in [4.69, 9.17) is 0 Å².